The fraction of sp³-hybridized carbons (Fsp3) is 0.886. The number of nitrogens with one attached hydrogen (secondary N) is 4. The van der Waals surface area contributed by atoms with Crippen LogP contribution in [0.4, 0.5) is 24.0 Å². The maximum atomic E-state index is 13.5. The topological polar surface area (TPSA) is 301 Å². The Bertz CT molecular complexity index is 1700. The Morgan fingerprint density at radius 3 is 1.46 bits per heavy atom. The molecule has 13 atom stereocenters. The Kier molecular flexibility index (Phi) is 18.6. The van der Waals surface area contributed by atoms with Crippen molar-refractivity contribution in [2.75, 3.05) is 20.2 Å². The normalized spacial score (nSPS) is 31.9. The van der Waals surface area contributed by atoms with E-state index in [4.69, 9.17) is 42.6 Å². The van der Waals surface area contributed by atoms with Crippen LogP contribution in [0.2, 0.25) is 0 Å². The van der Waals surface area contributed by atoms with Gasteiger partial charge < -0.3 is 89.2 Å². The number of carbonyl (C=O) groups is 5. The molecule has 2 saturated heterocycles. The Morgan fingerprint density at radius 2 is 1.01 bits per heavy atom. The maximum absolute atomic E-state index is 13.5. The molecule has 0 aromatic heterocycles. The van der Waals surface area contributed by atoms with Crippen LogP contribution in [0.5, 0.6) is 0 Å². The molecule has 1 aliphatic carbocycles. The molecular formula is C44H79N5O18. The van der Waals surface area contributed by atoms with Crippen molar-refractivity contribution in [1.82, 2.24) is 26.2 Å². The molecule has 0 bridgehead atoms. The average Bonchev–Trinajstić information content (AvgIpc) is 3.10. The molecule has 23 heteroatoms. The van der Waals surface area contributed by atoms with Crippen molar-refractivity contribution < 1.29 is 87.0 Å². The third kappa shape index (κ3) is 18.1. The lowest BCUT2D eigenvalue weighted by Gasteiger charge is -2.52. The van der Waals surface area contributed by atoms with Crippen LogP contribution < -0.4 is 21.3 Å². The molecule has 23 nitrogen and oxygen atoms in total. The van der Waals surface area contributed by atoms with E-state index < -0.39 is 144 Å². The summed E-state index contributed by atoms with van der Waals surface area (Å²) in [6, 6.07) is -5.82. The molecule has 0 radical (unpaired) electrons. The molecule has 0 spiro atoms. The smallest absolute Gasteiger partial charge is 0.410 e. The van der Waals surface area contributed by atoms with Gasteiger partial charge in [-0.15, -0.1) is 0 Å². The van der Waals surface area contributed by atoms with Gasteiger partial charge in [-0.1, -0.05) is 0 Å². The summed E-state index contributed by atoms with van der Waals surface area (Å²) in [5.41, 5.74) is -6.68. The van der Waals surface area contributed by atoms with E-state index in [-0.39, 0.29) is 19.4 Å². The van der Waals surface area contributed by atoms with E-state index >= 15 is 0 Å². The fourth-order valence-corrected chi connectivity index (χ4v) is 7.49. The van der Waals surface area contributed by atoms with Gasteiger partial charge in [0.1, 0.15) is 58.0 Å². The first-order valence-corrected chi connectivity index (χ1v) is 22.5. The van der Waals surface area contributed by atoms with Crippen LogP contribution >= 0.6 is 0 Å². The number of rotatable bonds is 10. The quantitative estimate of drug-likeness (QED) is 0.146. The first-order chi connectivity index (χ1) is 30.3. The van der Waals surface area contributed by atoms with Gasteiger partial charge in [-0.3, -0.25) is 0 Å². The summed E-state index contributed by atoms with van der Waals surface area (Å²) in [6.07, 6.45) is -17.7. The second-order valence-corrected chi connectivity index (χ2v) is 22.4. The minimum Gasteiger partial charge on any atom is -0.444 e. The van der Waals surface area contributed by atoms with E-state index in [2.05, 4.69) is 21.3 Å². The van der Waals surface area contributed by atoms with Crippen molar-refractivity contribution in [3.8, 4) is 0 Å². The Morgan fingerprint density at radius 1 is 0.597 bits per heavy atom. The number of nitrogens with zero attached hydrogens (tertiary/aromatic N) is 1. The van der Waals surface area contributed by atoms with Crippen molar-refractivity contribution >= 4 is 30.5 Å². The molecule has 5 amide bonds. The highest BCUT2D eigenvalue weighted by molar-refractivity contribution is 5.70. The van der Waals surface area contributed by atoms with Crippen LogP contribution in [-0.4, -0.2) is 183 Å². The minimum absolute atomic E-state index is 0.0867. The minimum atomic E-state index is -2.01. The fourth-order valence-electron chi connectivity index (χ4n) is 7.49. The summed E-state index contributed by atoms with van der Waals surface area (Å²) in [6.45, 7) is 25.2. The van der Waals surface area contributed by atoms with Gasteiger partial charge in [0, 0.05) is 13.6 Å². The third-order valence-electron chi connectivity index (χ3n) is 9.97. The lowest BCUT2D eigenvalue weighted by Crippen LogP contribution is -2.75. The van der Waals surface area contributed by atoms with Crippen molar-refractivity contribution in [2.24, 2.45) is 0 Å². The zero-order chi connectivity index (χ0) is 51.4. The van der Waals surface area contributed by atoms with Crippen molar-refractivity contribution in [3.63, 3.8) is 0 Å². The van der Waals surface area contributed by atoms with Gasteiger partial charge >= 0.3 is 30.5 Å². The van der Waals surface area contributed by atoms with Gasteiger partial charge in [0.15, 0.2) is 12.6 Å². The lowest BCUT2D eigenvalue weighted by atomic mass is 9.80. The Balaban J connectivity index is 2.15. The zero-order valence-corrected chi connectivity index (χ0v) is 42.2. The lowest BCUT2D eigenvalue weighted by molar-refractivity contribution is -0.320. The van der Waals surface area contributed by atoms with Crippen LogP contribution in [0.25, 0.3) is 0 Å². The van der Waals surface area contributed by atoms with E-state index in [1.807, 2.05) is 0 Å². The molecule has 0 aromatic rings. The highest BCUT2D eigenvalue weighted by Crippen LogP contribution is 2.35. The SMILES string of the molecule is CN(C(=O)OC(C)(C)C)[C@@H]1C(O)[C@@H](O[C@@H]2C(O)C(O[C@H]3O[C@H](CNC(=O)OC(C)(C)C)CCC3NC(=O)OC(C)(C)C)[C@H](NC(=O)OC(C)(C)C)C(O)[C@H]2NC(=O)OC(C)(C)C)OC[C@]1(C)O. The molecule has 67 heavy (non-hydrogen) atoms. The number of ether oxygens (including phenoxy) is 9. The number of hydrogen-bond acceptors (Lipinski definition) is 18. The summed E-state index contributed by atoms with van der Waals surface area (Å²) in [7, 11) is 1.30. The third-order valence-corrected chi connectivity index (χ3v) is 9.97. The summed E-state index contributed by atoms with van der Waals surface area (Å²) >= 11 is 0. The van der Waals surface area contributed by atoms with Crippen molar-refractivity contribution in [1.29, 1.82) is 0 Å². The van der Waals surface area contributed by atoms with Gasteiger partial charge in [-0.2, -0.15) is 0 Å². The molecule has 8 N–H and O–H groups in total. The van der Waals surface area contributed by atoms with Crippen LogP contribution in [0.3, 0.4) is 0 Å². The molecule has 0 aromatic carbocycles. The highest BCUT2D eigenvalue weighted by atomic mass is 16.7. The van der Waals surface area contributed by atoms with Crippen molar-refractivity contribution in [3.05, 3.63) is 0 Å². The summed E-state index contributed by atoms with van der Waals surface area (Å²) in [4.78, 5) is 67.1. The molecule has 3 aliphatic rings. The predicted molar refractivity (Wildman–Crippen MR) is 238 cm³/mol. The first kappa shape index (κ1) is 57.3. The van der Waals surface area contributed by atoms with E-state index in [0.717, 1.165) is 4.90 Å². The van der Waals surface area contributed by atoms with Crippen LogP contribution in [0.1, 0.15) is 124 Å². The number of alkyl carbamates (subject to hydrolysis) is 4. The number of amides is 5. The zero-order valence-electron chi connectivity index (χ0n) is 42.2. The summed E-state index contributed by atoms with van der Waals surface area (Å²) < 4.78 is 52.3. The van der Waals surface area contributed by atoms with E-state index in [1.54, 1.807) is 104 Å². The Labute approximate surface area is 393 Å². The number of aliphatic hydroxyl groups is 4. The molecule has 5 unspecified atom stereocenters. The number of aliphatic hydroxyl groups excluding tert-OH is 3. The number of hydrogen-bond donors (Lipinski definition) is 8. The van der Waals surface area contributed by atoms with Gasteiger partial charge in [0.2, 0.25) is 0 Å². The molecule has 3 rings (SSSR count). The molecule has 3 fully saturated rings. The van der Waals surface area contributed by atoms with Crippen LogP contribution in [0.15, 0.2) is 0 Å². The van der Waals surface area contributed by atoms with Gasteiger partial charge in [0.05, 0.1) is 43.0 Å². The monoisotopic (exact) mass is 966 g/mol. The first-order valence-electron chi connectivity index (χ1n) is 22.5. The average molecular weight is 966 g/mol. The maximum Gasteiger partial charge on any atom is 0.410 e. The second kappa shape index (κ2) is 21.8. The van der Waals surface area contributed by atoms with Crippen LogP contribution in [0, 0.1) is 0 Å². The van der Waals surface area contributed by atoms with Gasteiger partial charge in [-0.05, 0) is 124 Å². The molecule has 1 saturated carbocycles. The van der Waals surface area contributed by atoms with Crippen LogP contribution in [-0.2, 0) is 42.6 Å². The molecule has 388 valence electrons. The van der Waals surface area contributed by atoms with Gasteiger partial charge in [-0.25, -0.2) is 24.0 Å². The number of carbonyl (C=O) groups excluding carboxylic acids is 5. The van der Waals surface area contributed by atoms with Gasteiger partial charge in [0.25, 0.3) is 0 Å². The Hall–Kier alpha value is -3.97. The highest BCUT2D eigenvalue weighted by Gasteiger charge is 2.58. The van der Waals surface area contributed by atoms with E-state index in [1.165, 1.54) is 14.0 Å². The van der Waals surface area contributed by atoms with E-state index in [9.17, 15) is 44.4 Å². The predicted octanol–water partition coefficient (Wildman–Crippen LogP) is 2.91. The van der Waals surface area contributed by atoms with Crippen molar-refractivity contribution in [2.45, 2.75) is 231 Å². The largest absolute Gasteiger partial charge is 0.444 e. The second-order valence-electron chi connectivity index (χ2n) is 22.4. The summed E-state index contributed by atoms with van der Waals surface area (Å²) in [5.74, 6) is 0. The molecule has 2 aliphatic heterocycles. The number of likely N-dealkylation sites (N-methyl/N-ethyl adjacent to an activating group) is 1. The standard InChI is InChI=1S/C44H79N5O18/c1-39(2,3)63-34(53)45-20-22-18-19-23(46-35(54)64-40(4,5)6)32(60-22)61-29-24(47-36(55)65-41(7,8)9)26(50)25(48-37(56)66-42(10,11)12)30(27(29)51)62-33-28(52)31(44(16,58)21-59-33)49(17)38(57)67-43(13,14)15/h22-33,50-52,58H,18-21H2,1-17H3,(H,45,53)(H,46,54)(H,47,55)(H,48,56)/t22-,23?,24+,25+,26?,27?,28?,29?,30-,31+,32+,33+,44-/m0/s1. The summed E-state index contributed by atoms with van der Waals surface area (Å²) in [5, 5.41) is 58.6. The molecular weight excluding hydrogens is 887 g/mol. The molecule has 2 heterocycles. The van der Waals surface area contributed by atoms with E-state index in [0.29, 0.717) is 0 Å².